The highest BCUT2D eigenvalue weighted by Gasteiger charge is 2.50. The zero-order chi connectivity index (χ0) is 12.8. The number of ether oxygens (including phenoxy) is 1. The third-order valence-electron chi connectivity index (χ3n) is 3.02. The summed E-state index contributed by atoms with van der Waals surface area (Å²) in [4.78, 5) is 11.6. The van der Waals surface area contributed by atoms with E-state index >= 15 is 0 Å². The average molecular weight is 244 g/mol. The van der Waals surface area contributed by atoms with Crippen LogP contribution in [0.4, 0.5) is 0 Å². The van der Waals surface area contributed by atoms with Crippen molar-refractivity contribution in [3.05, 3.63) is 30.3 Å². The van der Waals surface area contributed by atoms with Gasteiger partial charge in [0.15, 0.2) is 0 Å². The van der Waals surface area contributed by atoms with Crippen molar-refractivity contribution in [2.45, 2.75) is 19.3 Å². The molecule has 1 aromatic rings. The Bertz CT molecular complexity index is 447. The van der Waals surface area contributed by atoms with Crippen LogP contribution in [-0.2, 0) is 4.79 Å². The molecule has 1 N–H and O–H groups in total. The van der Waals surface area contributed by atoms with Crippen molar-refractivity contribution in [3.8, 4) is 11.8 Å². The van der Waals surface area contributed by atoms with E-state index in [-0.39, 0.29) is 5.91 Å². The number of carbonyl (C=O) groups is 1. The van der Waals surface area contributed by atoms with Crippen molar-refractivity contribution in [1.82, 2.24) is 5.32 Å². The molecule has 18 heavy (non-hydrogen) atoms. The van der Waals surface area contributed by atoms with Crippen molar-refractivity contribution in [3.63, 3.8) is 0 Å². The Hall–Kier alpha value is -2.02. The molecule has 0 bridgehead atoms. The summed E-state index contributed by atoms with van der Waals surface area (Å²) in [5.41, 5.74) is -0.722. The van der Waals surface area contributed by atoms with Crippen molar-refractivity contribution in [2.75, 3.05) is 13.2 Å². The van der Waals surface area contributed by atoms with Crippen LogP contribution in [0.5, 0.6) is 5.75 Å². The number of nitriles is 1. The lowest BCUT2D eigenvalue weighted by Crippen LogP contribution is -2.32. The number of nitrogens with one attached hydrogen (secondary N) is 1. The molecule has 0 unspecified atom stereocenters. The number of para-hydroxylation sites is 1. The minimum Gasteiger partial charge on any atom is -0.494 e. The predicted octanol–water partition coefficient (Wildman–Crippen LogP) is 1.88. The molecule has 1 aliphatic rings. The Kier molecular flexibility index (Phi) is 3.83. The molecule has 0 saturated heterocycles. The fourth-order valence-corrected chi connectivity index (χ4v) is 1.66. The van der Waals surface area contributed by atoms with Crippen molar-refractivity contribution < 1.29 is 9.53 Å². The molecule has 1 aliphatic carbocycles. The van der Waals surface area contributed by atoms with Gasteiger partial charge in [0.2, 0.25) is 5.91 Å². The topological polar surface area (TPSA) is 62.1 Å². The van der Waals surface area contributed by atoms with Crippen LogP contribution in [0.25, 0.3) is 0 Å². The zero-order valence-electron chi connectivity index (χ0n) is 10.2. The smallest absolute Gasteiger partial charge is 0.240 e. The van der Waals surface area contributed by atoms with Crippen LogP contribution >= 0.6 is 0 Å². The predicted molar refractivity (Wildman–Crippen MR) is 66.8 cm³/mol. The van der Waals surface area contributed by atoms with Gasteiger partial charge in [-0.2, -0.15) is 5.26 Å². The van der Waals surface area contributed by atoms with Crippen molar-refractivity contribution in [1.29, 1.82) is 5.26 Å². The molecule has 0 heterocycles. The summed E-state index contributed by atoms with van der Waals surface area (Å²) in [6.45, 7) is 1.11. The second-order valence-electron chi connectivity index (χ2n) is 4.46. The Labute approximate surface area is 107 Å². The summed E-state index contributed by atoms with van der Waals surface area (Å²) in [5, 5.41) is 11.6. The molecule has 0 spiro atoms. The SMILES string of the molecule is N#CC1(C(=O)NCCCOc2ccccc2)CC1. The third kappa shape index (κ3) is 3.01. The minimum atomic E-state index is -0.722. The second kappa shape index (κ2) is 5.54. The van der Waals surface area contributed by atoms with E-state index < -0.39 is 5.41 Å². The van der Waals surface area contributed by atoms with Crippen LogP contribution in [0.2, 0.25) is 0 Å². The highest BCUT2D eigenvalue weighted by molar-refractivity contribution is 5.88. The monoisotopic (exact) mass is 244 g/mol. The number of hydrogen-bond donors (Lipinski definition) is 1. The van der Waals surface area contributed by atoms with Crippen LogP contribution in [0.3, 0.4) is 0 Å². The van der Waals surface area contributed by atoms with E-state index in [4.69, 9.17) is 10.00 Å². The summed E-state index contributed by atoms with van der Waals surface area (Å²) in [7, 11) is 0. The molecule has 0 atom stereocenters. The largest absolute Gasteiger partial charge is 0.494 e. The van der Waals surface area contributed by atoms with Gasteiger partial charge in [-0.25, -0.2) is 0 Å². The van der Waals surface area contributed by atoms with Gasteiger partial charge in [0.25, 0.3) is 0 Å². The molecule has 1 aromatic carbocycles. The van der Waals surface area contributed by atoms with E-state index in [0.717, 1.165) is 12.2 Å². The number of hydrogen-bond acceptors (Lipinski definition) is 3. The Balaban J connectivity index is 1.60. The lowest BCUT2D eigenvalue weighted by molar-refractivity contribution is -0.124. The summed E-state index contributed by atoms with van der Waals surface area (Å²) in [6.07, 6.45) is 2.12. The van der Waals surface area contributed by atoms with Gasteiger partial charge in [0, 0.05) is 6.54 Å². The average Bonchev–Trinajstić information content (AvgIpc) is 3.20. The quantitative estimate of drug-likeness (QED) is 0.777. The van der Waals surface area contributed by atoms with E-state index in [0.29, 0.717) is 26.0 Å². The first-order chi connectivity index (χ1) is 8.77. The molecule has 2 rings (SSSR count). The van der Waals surface area contributed by atoms with Gasteiger partial charge in [-0.3, -0.25) is 4.79 Å². The molecular weight excluding hydrogens is 228 g/mol. The first kappa shape index (κ1) is 12.4. The van der Waals surface area contributed by atoms with Gasteiger partial charge in [-0.15, -0.1) is 0 Å². The van der Waals surface area contributed by atoms with E-state index in [1.807, 2.05) is 30.3 Å². The Morgan fingerprint density at radius 3 is 2.72 bits per heavy atom. The maximum absolute atomic E-state index is 11.6. The number of amides is 1. The fraction of sp³-hybridized carbons (Fsp3) is 0.429. The summed E-state index contributed by atoms with van der Waals surface area (Å²) in [5.74, 6) is 0.698. The summed E-state index contributed by atoms with van der Waals surface area (Å²) >= 11 is 0. The molecule has 0 radical (unpaired) electrons. The first-order valence-corrected chi connectivity index (χ1v) is 6.14. The normalized spacial score (nSPS) is 15.5. The highest BCUT2D eigenvalue weighted by Crippen LogP contribution is 2.44. The molecule has 0 aromatic heterocycles. The van der Waals surface area contributed by atoms with Gasteiger partial charge >= 0.3 is 0 Å². The third-order valence-corrected chi connectivity index (χ3v) is 3.02. The van der Waals surface area contributed by atoms with Gasteiger partial charge in [0.05, 0.1) is 12.7 Å². The van der Waals surface area contributed by atoms with Gasteiger partial charge in [-0.05, 0) is 31.4 Å². The number of carbonyl (C=O) groups excluding carboxylic acids is 1. The number of rotatable bonds is 6. The fourth-order valence-electron chi connectivity index (χ4n) is 1.66. The zero-order valence-corrected chi connectivity index (χ0v) is 10.2. The molecule has 1 amide bonds. The summed E-state index contributed by atoms with van der Waals surface area (Å²) in [6, 6.07) is 11.6. The van der Waals surface area contributed by atoms with E-state index in [1.165, 1.54) is 0 Å². The lowest BCUT2D eigenvalue weighted by atomic mass is 10.1. The van der Waals surface area contributed by atoms with Crippen LogP contribution in [0, 0.1) is 16.7 Å². The standard InChI is InChI=1S/C14H16N2O2/c15-11-14(7-8-14)13(17)16-9-4-10-18-12-5-2-1-3-6-12/h1-3,5-6H,4,7-10H2,(H,16,17). The van der Waals surface area contributed by atoms with Crippen LogP contribution in [-0.4, -0.2) is 19.1 Å². The van der Waals surface area contributed by atoms with Gasteiger partial charge in [-0.1, -0.05) is 18.2 Å². The highest BCUT2D eigenvalue weighted by atomic mass is 16.5. The second-order valence-corrected chi connectivity index (χ2v) is 4.46. The molecule has 4 heteroatoms. The maximum Gasteiger partial charge on any atom is 0.240 e. The van der Waals surface area contributed by atoms with E-state index in [9.17, 15) is 4.79 Å². The van der Waals surface area contributed by atoms with Crippen LogP contribution < -0.4 is 10.1 Å². The van der Waals surface area contributed by atoms with E-state index in [2.05, 4.69) is 11.4 Å². The molecule has 1 fully saturated rings. The summed E-state index contributed by atoms with van der Waals surface area (Å²) < 4.78 is 5.50. The van der Waals surface area contributed by atoms with Crippen molar-refractivity contribution >= 4 is 5.91 Å². The molecule has 4 nitrogen and oxygen atoms in total. The van der Waals surface area contributed by atoms with Gasteiger partial charge in [0.1, 0.15) is 11.2 Å². The lowest BCUT2D eigenvalue weighted by Gasteiger charge is -2.09. The molecule has 1 saturated carbocycles. The van der Waals surface area contributed by atoms with Crippen LogP contribution in [0.15, 0.2) is 30.3 Å². The van der Waals surface area contributed by atoms with Crippen LogP contribution in [0.1, 0.15) is 19.3 Å². The van der Waals surface area contributed by atoms with Gasteiger partial charge < -0.3 is 10.1 Å². The number of nitrogens with zero attached hydrogens (tertiary/aromatic N) is 1. The Morgan fingerprint density at radius 1 is 1.39 bits per heavy atom. The molecule has 0 aliphatic heterocycles. The van der Waals surface area contributed by atoms with E-state index in [1.54, 1.807) is 0 Å². The molecule has 94 valence electrons. The maximum atomic E-state index is 11.6. The van der Waals surface area contributed by atoms with Crippen molar-refractivity contribution in [2.24, 2.45) is 5.41 Å². The molecular formula is C14H16N2O2. The minimum absolute atomic E-state index is 0.135. The Morgan fingerprint density at radius 2 is 2.11 bits per heavy atom. The number of benzene rings is 1. The first-order valence-electron chi connectivity index (χ1n) is 6.14.